The molecule has 0 unspecified atom stereocenters. The number of thioether (sulfide) groups is 1. The molecule has 0 amide bonds. The van der Waals surface area contributed by atoms with Crippen molar-refractivity contribution in [2.45, 2.75) is 4.90 Å². The molecule has 0 saturated carbocycles. The molecule has 0 atom stereocenters. The predicted molar refractivity (Wildman–Crippen MR) is 171 cm³/mol. The van der Waals surface area contributed by atoms with Gasteiger partial charge in [0, 0.05) is 16.0 Å². The molecule has 6 heteroatoms. The van der Waals surface area contributed by atoms with Crippen molar-refractivity contribution in [3.63, 3.8) is 0 Å². The number of hydrogen-bond acceptors (Lipinski definition) is 6. The SMILES string of the molecule is COc1ccc(-c2c(C#N)c(SC)c(-c3ccc(OC)cc3)c(-c3ccc(OC)cc3)c2-c2ccc(OC)cc2)cc1. The summed E-state index contributed by atoms with van der Waals surface area (Å²) in [6.07, 6.45) is 2.02. The van der Waals surface area contributed by atoms with Gasteiger partial charge >= 0.3 is 0 Å². The van der Waals surface area contributed by atoms with E-state index in [0.717, 1.165) is 72.4 Å². The van der Waals surface area contributed by atoms with Crippen molar-refractivity contribution in [2.24, 2.45) is 0 Å². The van der Waals surface area contributed by atoms with E-state index in [1.165, 1.54) is 0 Å². The maximum absolute atomic E-state index is 10.8. The summed E-state index contributed by atoms with van der Waals surface area (Å²) in [5.74, 6) is 3.04. The third-order valence-corrected chi connectivity index (χ3v) is 8.10. The van der Waals surface area contributed by atoms with Crippen LogP contribution in [0.25, 0.3) is 44.5 Å². The van der Waals surface area contributed by atoms with Crippen molar-refractivity contribution in [1.29, 1.82) is 5.26 Å². The fourth-order valence-corrected chi connectivity index (χ4v) is 5.99. The Morgan fingerprint density at radius 3 is 1.02 bits per heavy atom. The summed E-state index contributed by atoms with van der Waals surface area (Å²) >= 11 is 1.57. The lowest BCUT2D eigenvalue weighted by Crippen LogP contribution is -2.01. The summed E-state index contributed by atoms with van der Waals surface area (Å²) in [6, 6.07) is 34.5. The van der Waals surface area contributed by atoms with Gasteiger partial charge in [-0.05, 0) is 88.2 Å². The quantitative estimate of drug-likeness (QED) is 0.164. The molecule has 0 aliphatic heterocycles. The molecule has 0 N–H and O–H groups in total. The monoisotopic (exact) mass is 573 g/mol. The number of benzene rings is 5. The Morgan fingerprint density at radius 2 is 0.738 bits per heavy atom. The van der Waals surface area contributed by atoms with Crippen LogP contribution in [0.4, 0.5) is 0 Å². The van der Waals surface area contributed by atoms with Gasteiger partial charge in [0.25, 0.3) is 0 Å². The van der Waals surface area contributed by atoms with Crippen LogP contribution in [0.3, 0.4) is 0 Å². The van der Waals surface area contributed by atoms with E-state index in [9.17, 15) is 5.26 Å². The first-order valence-corrected chi connectivity index (χ1v) is 14.5. The molecule has 5 aromatic carbocycles. The lowest BCUT2D eigenvalue weighted by molar-refractivity contribution is 0.414. The second kappa shape index (κ2) is 12.8. The Balaban J connectivity index is 1.99. The van der Waals surface area contributed by atoms with Crippen LogP contribution in [0, 0.1) is 11.3 Å². The van der Waals surface area contributed by atoms with Crippen LogP contribution in [0.1, 0.15) is 5.56 Å². The van der Waals surface area contributed by atoms with E-state index in [2.05, 4.69) is 18.2 Å². The molecule has 0 radical (unpaired) electrons. The lowest BCUT2D eigenvalue weighted by atomic mass is 9.80. The summed E-state index contributed by atoms with van der Waals surface area (Å²) in [4.78, 5) is 0.900. The van der Waals surface area contributed by atoms with Gasteiger partial charge in [-0.3, -0.25) is 0 Å². The highest BCUT2D eigenvalue weighted by molar-refractivity contribution is 7.98. The zero-order valence-electron chi connectivity index (χ0n) is 24.2. The van der Waals surface area contributed by atoms with Crippen molar-refractivity contribution in [3.8, 4) is 73.6 Å². The molecule has 0 bridgehead atoms. The average Bonchev–Trinajstić information content (AvgIpc) is 3.07. The zero-order chi connectivity index (χ0) is 29.6. The molecule has 0 aliphatic carbocycles. The van der Waals surface area contributed by atoms with Gasteiger partial charge in [-0.25, -0.2) is 0 Å². The molecule has 0 aliphatic rings. The number of methoxy groups -OCH3 is 4. The first kappa shape index (κ1) is 28.7. The maximum Gasteiger partial charge on any atom is 0.118 e. The van der Waals surface area contributed by atoms with Gasteiger partial charge in [0.2, 0.25) is 0 Å². The summed E-state index contributed by atoms with van der Waals surface area (Å²) in [5.41, 5.74) is 8.29. The minimum absolute atomic E-state index is 0.613. The van der Waals surface area contributed by atoms with Crippen LogP contribution in [0.2, 0.25) is 0 Å². The standard InChI is InChI=1S/C36H31NO4S/c1-38-27-14-6-23(7-15-27)32-31(22-37)36(42-5)35(26-12-20-30(41-4)21-13-26)34(25-10-18-29(40-3)19-11-25)33(32)24-8-16-28(39-2)17-9-24/h6-21H,1-5H3. The van der Waals surface area contributed by atoms with Crippen LogP contribution in [0.15, 0.2) is 102 Å². The summed E-state index contributed by atoms with van der Waals surface area (Å²) < 4.78 is 21.9. The Hall–Kier alpha value is -4.86. The van der Waals surface area contributed by atoms with E-state index in [0.29, 0.717) is 5.56 Å². The normalized spacial score (nSPS) is 10.6. The second-order valence-corrected chi connectivity index (χ2v) is 10.3. The first-order valence-electron chi connectivity index (χ1n) is 13.3. The minimum atomic E-state index is 0.613. The van der Waals surface area contributed by atoms with Crippen LogP contribution < -0.4 is 18.9 Å². The van der Waals surface area contributed by atoms with E-state index in [-0.39, 0.29) is 0 Å². The largest absolute Gasteiger partial charge is 0.497 e. The highest BCUT2D eigenvalue weighted by Gasteiger charge is 2.27. The van der Waals surface area contributed by atoms with Gasteiger partial charge in [-0.2, -0.15) is 5.26 Å². The highest BCUT2D eigenvalue weighted by Crippen LogP contribution is 2.52. The van der Waals surface area contributed by atoms with Crippen molar-refractivity contribution >= 4 is 11.8 Å². The third-order valence-electron chi connectivity index (χ3n) is 7.28. The second-order valence-electron chi connectivity index (χ2n) is 9.43. The maximum atomic E-state index is 10.8. The fourth-order valence-electron chi connectivity index (χ4n) is 5.21. The number of nitrogens with zero attached hydrogens (tertiary/aromatic N) is 1. The van der Waals surface area contributed by atoms with E-state index in [1.54, 1.807) is 40.2 Å². The Bertz CT molecular complexity index is 1720. The highest BCUT2D eigenvalue weighted by atomic mass is 32.2. The van der Waals surface area contributed by atoms with Crippen LogP contribution >= 0.6 is 11.8 Å². The number of rotatable bonds is 9. The topological polar surface area (TPSA) is 60.7 Å². The predicted octanol–water partition coefficient (Wildman–Crippen LogP) is 8.98. The summed E-state index contributed by atoms with van der Waals surface area (Å²) in [7, 11) is 6.62. The van der Waals surface area contributed by atoms with Gasteiger partial charge in [0.1, 0.15) is 29.1 Å². The van der Waals surface area contributed by atoms with Gasteiger partial charge < -0.3 is 18.9 Å². The van der Waals surface area contributed by atoms with Crippen molar-refractivity contribution in [1.82, 2.24) is 0 Å². The first-order chi connectivity index (χ1) is 20.6. The molecule has 42 heavy (non-hydrogen) atoms. The fraction of sp³-hybridized carbons (Fsp3) is 0.139. The third kappa shape index (κ3) is 5.39. The number of hydrogen-bond donors (Lipinski definition) is 0. The molecule has 5 nitrogen and oxygen atoms in total. The minimum Gasteiger partial charge on any atom is -0.497 e. The Morgan fingerprint density at radius 1 is 0.452 bits per heavy atom. The van der Waals surface area contributed by atoms with Gasteiger partial charge in [-0.1, -0.05) is 48.5 Å². The van der Waals surface area contributed by atoms with E-state index in [1.807, 2.05) is 91.2 Å². The van der Waals surface area contributed by atoms with E-state index < -0.39 is 0 Å². The van der Waals surface area contributed by atoms with Crippen LogP contribution in [0.5, 0.6) is 23.0 Å². The molecule has 0 spiro atoms. The molecule has 0 fully saturated rings. The molecule has 5 rings (SSSR count). The Kier molecular flexibility index (Phi) is 8.71. The molecule has 5 aromatic rings. The molecular formula is C36H31NO4S. The van der Waals surface area contributed by atoms with Crippen molar-refractivity contribution < 1.29 is 18.9 Å². The smallest absolute Gasteiger partial charge is 0.118 e. The van der Waals surface area contributed by atoms with Crippen LogP contribution in [-0.4, -0.2) is 34.7 Å². The summed E-state index contributed by atoms with van der Waals surface area (Å²) in [5, 5.41) is 10.8. The molecular weight excluding hydrogens is 542 g/mol. The number of ether oxygens (including phenoxy) is 4. The molecule has 0 aromatic heterocycles. The molecule has 0 saturated heterocycles. The van der Waals surface area contributed by atoms with Crippen molar-refractivity contribution in [3.05, 3.63) is 103 Å². The van der Waals surface area contributed by atoms with Crippen LogP contribution in [-0.2, 0) is 0 Å². The van der Waals surface area contributed by atoms with Crippen molar-refractivity contribution in [2.75, 3.05) is 34.7 Å². The van der Waals surface area contributed by atoms with Gasteiger partial charge in [0.15, 0.2) is 0 Å². The molecule has 0 heterocycles. The molecule has 210 valence electrons. The lowest BCUT2D eigenvalue weighted by Gasteiger charge is -2.25. The average molecular weight is 574 g/mol. The van der Waals surface area contributed by atoms with Gasteiger partial charge in [0.05, 0.1) is 34.0 Å². The summed E-state index contributed by atoms with van der Waals surface area (Å²) in [6.45, 7) is 0. The Labute approximate surface area is 251 Å². The van der Waals surface area contributed by atoms with E-state index in [4.69, 9.17) is 18.9 Å². The van der Waals surface area contributed by atoms with Gasteiger partial charge in [-0.15, -0.1) is 11.8 Å². The zero-order valence-corrected chi connectivity index (χ0v) is 25.0. The number of nitriles is 1. The van der Waals surface area contributed by atoms with E-state index >= 15 is 0 Å².